The van der Waals surface area contributed by atoms with Gasteiger partial charge in [0.25, 0.3) is 0 Å². The summed E-state index contributed by atoms with van der Waals surface area (Å²) in [7, 11) is 0. The highest BCUT2D eigenvalue weighted by atomic mass is 14.7. The minimum Gasteiger partial charge on any atom is -0.321 e. The van der Waals surface area contributed by atoms with Gasteiger partial charge in [0.1, 0.15) is 0 Å². The van der Waals surface area contributed by atoms with Gasteiger partial charge in [-0.15, -0.1) is 0 Å². The van der Waals surface area contributed by atoms with Gasteiger partial charge in [0.05, 0.1) is 0 Å². The highest BCUT2D eigenvalue weighted by Gasteiger charge is 2.31. The number of hydrogen-bond acceptors (Lipinski definition) is 1. The summed E-state index contributed by atoms with van der Waals surface area (Å²) >= 11 is 0. The summed E-state index contributed by atoms with van der Waals surface area (Å²) in [5, 5.41) is 0. The van der Waals surface area contributed by atoms with Crippen LogP contribution in [0.4, 0.5) is 0 Å². The van der Waals surface area contributed by atoms with E-state index < -0.39 is 0 Å². The minimum atomic E-state index is -0.209. The van der Waals surface area contributed by atoms with Crippen LogP contribution in [0.1, 0.15) is 41.5 Å². The van der Waals surface area contributed by atoms with E-state index in [1.165, 1.54) is 41.5 Å². The Morgan fingerprint density at radius 2 is 1.75 bits per heavy atom. The van der Waals surface area contributed by atoms with Gasteiger partial charge in [0, 0.05) is 5.54 Å². The SMILES string of the molecule is Cc1ccccc1CC1(N)CCCCc2ccccc21. The molecular weight excluding hydrogens is 242 g/mol. The lowest BCUT2D eigenvalue weighted by Crippen LogP contribution is -2.39. The van der Waals surface area contributed by atoms with Crippen LogP contribution in [0.25, 0.3) is 0 Å². The molecule has 0 saturated carbocycles. The van der Waals surface area contributed by atoms with Crippen LogP contribution in [0.3, 0.4) is 0 Å². The maximum absolute atomic E-state index is 6.87. The fraction of sp³-hybridized carbons (Fsp3) is 0.368. The van der Waals surface area contributed by atoms with E-state index in [1.54, 1.807) is 0 Å². The first-order chi connectivity index (χ1) is 9.69. The number of aryl methyl sites for hydroxylation is 2. The van der Waals surface area contributed by atoms with Gasteiger partial charge in [-0.3, -0.25) is 0 Å². The Labute approximate surface area is 121 Å². The normalized spacial score (nSPS) is 22.1. The Bertz CT molecular complexity index is 602. The zero-order valence-corrected chi connectivity index (χ0v) is 12.2. The third kappa shape index (κ3) is 2.51. The maximum atomic E-state index is 6.87. The van der Waals surface area contributed by atoms with E-state index in [9.17, 15) is 0 Å². The molecule has 3 rings (SSSR count). The van der Waals surface area contributed by atoms with Gasteiger partial charge in [-0.2, -0.15) is 0 Å². The molecule has 2 aromatic carbocycles. The molecule has 0 aliphatic heterocycles. The molecule has 1 heteroatoms. The van der Waals surface area contributed by atoms with Crippen LogP contribution in [-0.4, -0.2) is 0 Å². The molecule has 1 unspecified atom stereocenters. The lowest BCUT2D eigenvalue weighted by atomic mass is 9.79. The van der Waals surface area contributed by atoms with Crippen molar-refractivity contribution in [1.82, 2.24) is 0 Å². The Hall–Kier alpha value is -1.60. The van der Waals surface area contributed by atoms with Crippen molar-refractivity contribution >= 4 is 0 Å². The van der Waals surface area contributed by atoms with Crippen molar-refractivity contribution in [3.8, 4) is 0 Å². The average Bonchev–Trinajstić information content (AvgIpc) is 2.62. The van der Waals surface area contributed by atoms with Crippen molar-refractivity contribution in [2.24, 2.45) is 5.73 Å². The van der Waals surface area contributed by atoms with Gasteiger partial charge >= 0.3 is 0 Å². The zero-order chi connectivity index (χ0) is 14.0. The van der Waals surface area contributed by atoms with Gasteiger partial charge in [0.2, 0.25) is 0 Å². The first kappa shape index (κ1) is 13.4. The quantitative estimate of drug-likeness (QED) is 0.812. The third-order valence-electron chi connectivity index (χ3n) is 4.64. The van der Waals surface area contributed by atoms with Gasteiger partial charge < -0.3 is 5.73 Å². The largest absolute Gasteiger partial charge is 0.321 e. The molecule has 0 spiro atoms. The van der Waals surface area contributed by atoms with E-state index in [4.69, 9.17) is 5.73 Å². The van der Waals surface area contributed by atoms with Crippen LogP contribution < -0.4 is 5.73 Å². The number of benzene rings is 2. The smallest absolute Gasteiger partial charge is 0.0453 e. The van der Waals surface area contributed by atoms with Crippen LogP contribution >= 0.6 is 0 Å². The standard InChI is InChI=1S/C19H23N/c1-15-8-2-3-11-17(15)14-19(20)13-7-6-10-16-9-4-5-12-18(16)19/h2-5,8-9,11-12H,6-7,10,13-14,20H2,1H3. The third-order valence-corrected chi connectivity index (χ3v) is 4.64. The van der Waals surface area contributed by atoms with Crippen molar-refractivity contribution in [2.45, 2.75) is 44.6 Å². The summed E-state index contributed by atoms with van der Waals surface area (Å²) in [6, 6.07) is 17.4. The molecule has 1 aliphatic carbocycles. The summed E-state index contributed by atoms with van der Waals surface area (Å²) < 4.78 is 0. The molecule has 2 N–H and O–H groups in total. The summed E-state index contributed by atoms with van der Waals surface area (Å²) in [6.45, 7) is 2.18. The molecule has 20 heavy (non-hydrogen) atoms. The van der Waals surface area contributed by atoms with E-state index >= 15 is 0 Å². The van der Waals surface area contributed by atoms with Gasteiger partial charge in [0.15, 0.2) is 0 Å². The molecule has 0 amide bonds. The molecular formula is C19H23N. The van der Waals surface area contributed by atoms with E-state index in [-0.39, 0.29) is 5.54 Å². The average molecular weight is 265 g/mol. The second kappa shape index (κ2) is 5.41. The topological polar surface area (TPSA) is 26.0 Å². The molecule has 0 radical (unpaired) electrons. The predicted octanol–water partition coefficient (Wildman–Crippen LogP) is 4.12. The molecule has 1 atom stereocenters. The number of hydrogen-bond donors (Lipinski definition) is 1. The lowest BCUT2D eigenvalue weighted by Gasteiger charge is -2.31. The van der Waals surface area contributed by atoms with Crippen LogP contribution in [-0.2, 0) is 18.4 Å². The monoisotopic (exact) mass is 265 g/mol. The summed E-state index contributed by atoms with van der Waals surface area (Å²) in [4.78, 5) is 0. The fourth-order valence-electron chi connectivity index (χ4n) is 3.45. The molecule has 0 bridgehead atoms. The summed E-state index contributed by atoms with van der Waals surface area (Å²) in [5.41, 5.74) is 12.2. The summed E-state index contributed by atoms with van der Waals surface area (Å²) in [6.07, 6.45) is 5.67. The Morgan fingerprint density at radius 1 is 1.00 bits per heavy atom. The predicted molar refractivity (Wildman–Crippen MR) is 84.7 cm³/mol. The Balaban J connectivity index is 2.01. The molecule has 0 saturated heterocycles. The van der Waals surface area contributed by atoms with Gasteiger partial charge in [-0.05, 0) is 54.9 Å². The van der Waals surface area contributed by atoms with Crippen molar-refractivity contribution < 1.29 is 0 Å². The molecule has 0 heterocycles. The van der Waals surface area contributed by atoms with Crippen molar-refractivity contribution in [1.29, 1.82) is 0 Å². The van der Waals surface area contributed by atoms with Crippen LogP contribution in [0, 0.1) is 6.92 Å². The van der Waals surface area contributed by atoms with E-state index in [0.717, 1.165) is 12.8 Å². The van der Waals surface area contributed by atoms with Gasteiger partial charge in [-0.25, -0.2) is 0 Å². The second-order valence-corrected chi connectivity index (χ2v) is 6.12. The van der Waals surface area contributed by atoms with Crippen molar-refractivity contribution in [2.75, 3.05) is 0 Å². The molecule has 0 fully saturated rings. The molecule has 104 valence electrons. The number of fused-ring (bicyclic) bond motifs is 1. The molecule has 1 nitrogen and oxygen atoms in total. The number of nitrogens with two attached hydrogens (primary N) is 1. The first-order valence-corrected chi connectivity index (χ1v) is 7.61. The van der Waals surface area contributed by atoms with E-state index in [2.05, 4.69) is 55.5 Å². The fourth-order valence-corrected chi connectivity index (χ4v) is 3.45. The lowest BCUT2D eigenvalue weighted by molar-refractivity contribution is 0.398. The van der Waals surface area contributed by atoms with Crippen molar-refractivity contribution in [3.63, 3.8) is 0 Å². The zero-order valence-electron chi connectivity index (χ0n) is 12.2. The first-order valence-electron chi connectivity index (χ1n) is 7.61. The van der Waals surface area contributed by atoms with E-state index in [1.807, 2.05) is 0 Å². The van der Waals surface area contributed by atoms with Crippen LogP contribution in [0.2, 0.25) is 0 Å². The van der Waals surface area contributed by atoms with Crippen LogP contribution in [0.15, 0.2) is 48.5 Å². The molecule has 1 aliphatic rings. The minimum absolute atomic E-state index is 0.209. The summed E-state index contributed by atoms with van der Waals surface area (Å²) in [5.74, 6) is 0. The second-order valence-electron chi connectivity index (χ2n) is 6.12. The molecule has 0 aromatic heterocycles. The van der Waals surface area contributed by atoms with E-state index in [0.29, 0.717) is 0 Å². The van der Waals surface area contributed by atoms with Crippen molar-refractivity contribution in [3.05, 3.63) is 70.8 Å². The van der Waals surface area contributed by atoms with Crippen LogP contribution in [0.5, 0.6) is 0 Å². The Kier molecular flexibility index (Phi) is 3.62. The number of rotatable bonds is 2. The molecule has 2 aromatic rings. The van der Waals surface area contributed by atoms with Gasteiger partial charge in [-0.1, -0.05) is 55.0 Å². The highest BCUT2D eigenvalue weighted by molar-refractivity contribution is 5.38. The highest BCUT2D eigenvalue weighted by Crippen LogP contribution is 2.35. The maximum Gasteiger partial charge on any atom is 0.0453 e. The Morgan fingerprint density at radius 3 is 2.60 bits per heavy atom.